The van der Waals surface area contributed by atoms with Crippen LogP contribution in [-0.4, -0.2) is 66.5 Å². The first-order valence-electron chi connectivity index (χ1n) is 13.3. The Bertz CT molecular complexity index is 1160. The van der Waals surface area contributed by atoms with Crippen molar-refractivity contribution in [3.05, 3.63) is 64.7 Å². The molecule has 0 radical (unpaired) electrons. The summed E-state index contributed by atoms with van der Waals surface area (Å²) in [6, 6.07) is 12.3. The molecule has 2 atom stereocenters. The van der Waals surface area contributed by atoms with Gasteiger partial charge in [0.1, 0.15) is 23.4 Å². The van der Waals surface area contributed by atoms with Gasteiger partial charge in [-0.05, 0) is 81.9 Å². The van der Waals surface area contributed by atoms with Gasteiger partial charge in [0, 0.05) is 18.5 Å². The lowest BCUT2D eigenvalue weighted by atomic mass is 9.94. The summed E-state index contributed by atoms with van der Waals surface area (Å²) in [7, 11) is 3.95. The van der Waals surface area contributed by atoms with E-state index in [4.69, 9.17) is 9.47 Å². The normalized spacial score (nSPS) is 20.4. The van der Waals surface area contributed by atoms with Gasteiger partial charge in [-0.25, -0.2) is 0 Å². The number of Topliss-reactive ketones (excluding diaryl/α,β-unsaturated/α-hetero) is 1. The molecule has 4 rings (SSSR count). The Labute approximate surface area is 219 Å². The van der Waals surface area contributed by atoms with E-state index in [2.05, 4.69) is 6.92 Å². The number of hydrogen-bond donors (Lipinski definition) is 1. The first kappa shape index (κ1) is 26.7. The van der Waals surface area contributed by atoms with Crippen molar-refractivity contribution in [2.75, 3.05) is 33.8 Å². The van der Waals surface area contributed by atoms with Crippen molar-refractivity contribution in [3.63, 3.8) is 0 Å². The number of aliphatic hydroxyl groups is 1. The van der Waals surface area contributed by atoms with Gasteiger partial charge in [0.2, 0.25) is 0 Å². The van der Waals surface area contributed by atoms with Crippen molar-refractivity contribution >= 4 is 17.4 Å². The number of hydrogen-bond acceptors (Lipinski definition) is 6. The van der Waals surface area contributed by atoms with Gasteiger partial charge in [-0.3, -0.25) is 9.59 Å². The lowest BCUT2D eigenvalue weighted by Gasteiger charge is -2.26. The minimum atomic E-state index is -0.667. The first-order chi connectivity index (χ1) is 17.8. The molecular weight excluding hydrogens is 468 g/mol. The van der Waals surface area contributed by atoms with Crippen LogP contribution in [0.2, 0.25) is 0 Å². The second kappa shape index (κ2) is 11.8. The molecule has 0 spiro atoms. The molecule has 0 saturated carbocycles. The van der Waals surface area contributed by atoms with Crippen LogP contribution in [0.4, 0.5) is 0 Å². The van der Waals surface area contributed by atoms with Crippen LogP contribution in [0.1, 0.15) is 62.3 Å². The molecular formula is C30H38N2O5. The smallest absolute Gasteiger partial charge is 0.295 e. The van der Waals surface area contributed by atoms with Crippen LogP contribution in [0.25, 0.3) is 5.76 Å². The summed E-state index contributed by atoms with van der Waals surface area (Å²) in [6.45, 7) is 5.99. The van der Waals surface area contributed by atoms with Crippen LogP contribution in [0.5, 0.6) is 11.5 Å². The second-order valence-corrected chi connectivity index (χ2v) is 10.2. The van der Waals surface area contributed by atoms with E-state index in [0.29, 0.717) is 25.1 Å². The van der Waals surface area contributed by atoms with Gasteiger partial charge in [0.25, 0.3) is 11.7 Å². The second-order valence-electron chi connectivity index (χ2n) is 10.2. The van der Waals surface area contributed by atoms with E-state index in [-0.39, 0.29) is 17.4 Å². The number of nitrogens with zero attached hydrogens (tertiary/aromatic N) is 2. The summed E-state index contributed by atoms with van der Waals surface area (Å²) in [5, 5.41) is 11.4. The predicted octanol–water partition coefficient (Wildman–Crippen LogP) is 4.95. The maximum atomic E-state index is 13.3. The highest BCUT2D eigenvalue weighted by Crippen LogP contribution is 2.41. The Morgan fingerprint density at radius 1 is 1.11 bits per heavy atom. The Morgan fingerprint density at radius 3 is 2.57 bits per heavy atom. The number of benzene rings is 2. The third-order valence-corrected chi connectivity index (χ3v) is 6.93. The standard InChI is InChI=1S/C30H38N2O5/c1-5-6-7-17-36-24-12-9-21(10-13-24)27-26(29(34)30(35)32(27)16-8-15-31(3)4)28(33)22-11-14-25-23(19-22)18-20(2)37-25/h9-14,19-20,27,33H,5-8,15-18H2,1-4H3/b28-26+. The molecule has 198 valence electrons. The van der Waals surface area contributed by atoms with Crippen LogP contribution >= 0.6 is 0 Å². The zero-order valence-corrected chi connectivity index (χ0v) is 22.3. The molecule has 0 bridgehead atoms. The number of carbonyl (C=O) groups excluding carboxylic acids is 2. The lowest BCUT2D eigenvalue weighted by Crippen LogP contribution is -2.32. The summed E-state index contributed by atoms with van der Waals surface area (Å²) in [5.41, 5.74) is 2.39. The number of unbranched alkanes of at least 4 members (excludes halogenated alkanes) is 2. The highest BCUT2D eigenvalue weighted by Gasteiger charge is 2.45. The van der Waals surface area contributed by atoms with Crippen LogP contribution in [-0.2, 0) is 16.0 Å². The molecule has 2 aliphatic heterocycles. The molecule has 2 aromatic carbocycles. The highest BCUT2D eigenvalue weighted by molar-refractivity contribution is 6.46. The molecule has 1 saturated heterocycles. The van der Waals surface area contributed by atoms with Crippen LogP contribution < -0.4 is 9.47 Å². The minimum absolute atomic E-state index is 0.0670. The Morgan fingerprint density at radius 2 is 1.86 bits per heavy atom. The fraction of sp³-hybridized carbons (Fsp3) is 0.467. The predicted molar refractivity (Wildman–Crippen MR) is 144 cm³/mol. The van der Waals surface area contributed by atoms with Crippen LogP contribution in [0.15, 0.2) is 48.0 Å². The first-order valence-corrected chi connectivity index (χ1v) is 13.3. The Hall–Kier alpha value is -3.32. The van der Waals surface area contributed by atoms with Gasteiger partial charge in [0.05, 0.1) is 18.2 Å². The number of carbonyl (C=O) groups is 2. The average Bonchev–Trinajstić information content (AvgIpc) is 3.37. The zero-order valence-electron chi connectivity index (χ0n) is 22.3. The van der Waals surface area contributed by atoms with E-state index >= 15 is 0 Å². The van der Waals surface area contributed by atoms with Gasteiger partial charge < -0.3 is 24.4 Å². The largest absolute Gasteiger partial charge is 0.507 e. The van der Waals surface area contributed by atoms with Crippen molar-refractivity contribution in [1.82, 2.24) is 9.80 Å². The SMILES string of the molecule is CCCCCOc1ccc(C2/C(=C(\O)c3ccc4c(c3)CC(C)O4)C(=O)C(=O)N2CCCN(C)C)cc1. The number of ketones is 1. The van der Waals surface area contributed by atoms with E-state index in [1.165, 1.54) is 0 Å². The Balaban J connectivity index is 1.68. The molecule has 2 aliphatic rings. The average molecular weight is 507 g/mol. The third-order valence-electron chi connectivity index (χ3n) is 6.93. The number of fused-ring (bicyclic) bond motifs is 1. The molecule has 1 amide bonds. The third kappa shape index (κ3) is 5.99. The number of ether oxygens (including phenoxy) is 2. The molecule has 2 unspecified atom stereocenters. The molecule has 1 fully saturated rings. The molecule has 2 heterocycles. The molecule has 7 heteroatoms. The monoisotopic (exact) mass is 506 g/mol. The van der Waals surface area contributed by atoms with E-state index in [1.807, 2.05) is 62.3 Å². The molecule has 0 aromatic heterocycles. The summed E-state index contributed by atoms with van der Waals surface area (Å²) in [6.07, 6.45) is 4.76. The molecule has 37 heavy (non-hydrogen) atoms. The number of amides is 1. The van der Waals surface area contributed by atoms with Gasteiger partial charge in [-0.2, -0.15) is 0 Å². The van der Waals surface area contributed by atoms with Crippen LogP contribution in [0.3, 0.4) is 0 Å². The van der Waals surface area contributed by atoms with E-state index < -0.39 is 17.7 Å². The van der Waals surface area contributed by atoms with Crippen molar-refractivity contribution in [1.29, 1.82) is 0 Å². The quantitative estimate of drug-likeness (QED) is 0.201. The fourth-order valence-electron chi connectivity index (χ4n) is 5.03. The van der Waals surface area contributed by atoms with Gasteiger partial charge in [0.15, 0.2) is 0 Å². The van der Waals surface area contributed by atoms with E-state index in [1.54, 1.807) is 11.0 Å². The topological polar surface area (TPSA) is 79.3 Å². The van der Waals surface area contributed by atoms with Gasteiger partial charge in [-0.1, -0.05) is 31.9 Å². The van der Waals surface area contributed by atoms with Gasteiger partial charge >= 0.3 is 0 Å². The number of likely N-dealkylation sites (tertiary alicyclic amines) is 1. The van der Waals surface area contributed by atoms with Crippen LogP contribution in [0, 0.1) is 0 Å². The zero-order chi connectivity index (χ0) is 26.5. The van der Waals surface area contributed by atoms with Gasteiger partial charge in [-0.15, -0.1) is 0 Å². The van der Waals surface area contributed by atoms with Crippen molar-refractivity contribution in [2.24, 2.45) is 0 Å². The molecule has 1 N–H and O–H groups in total. The molecule has 0 aliphatic carbocycles. The maximum absolute atomic E-state index is 13.3. The summed E-state index contributed by atoms with van der Waals surface area (Å²) in [4.78, 5) is 30.1. The maximum Gasteiger partial charge on any atom is 0.295 e. The lowest BCUT2D eigenvalue weighted by molar-refractivity contribution is -0.139. The number of rotatable bonds is 11. The van der Waals surface area contributed by atoms with Crippen molar-refractivity contribution in [2.45, 2.75) is 58.1 Å². The fourth-order valence-corrected chi connectivity index (χ4v) is 5.03. The van der Waals surface area contributed by atoms with Crippen molar-refractivity contribution in [3.8, 4) is 11.5 Å². The highest BCUT2D eigenvalue weighted by atomic mass is 16.5. The minimum Gasteiger partial charge on any atom is -0.507 e. The van der Waals surface area contributed by atoms with E-state index in [9.17, 15) is 14.7 Å². The summed E-state index contributed by atoms with van der Waals surface area (Å²) >= 11 is 0. The summed E-state index contributed by atoms with van der Waals surface area (Å²) < 4.78 is 11.6. The van der Waals surface area contributed by atoms with Crippen molar-refractivity contribution < 1.29 is 24.2 Å². The molecule has 2 aromatic rings. The van der Waals surface area contributed by atoms with E-state index in [0.717, 1.165) is 54.9 Å². The number of aliphatic hydroxyl groups excluding tert-OH is 1. The Kier molecular flexibility index (Phi) is 8.54. The molecule has 7 nitrogen and oxygen atoms in total. The summed E-state index contributed by atoms with van der Waals surface area (Å²) in [5.74, 6) is 0.151.